The van der Waals surface area contributed by atoms with E-state index in [9.17, 15) is 14.7 Å². The maximum absolute atomic E-state index is 13.4. The summed E-state index contributed by atoms with van der Waals surface area (Å²) in [6.07, 6.45) is 1.34. The second-order valence-corrected chi connectivity index (χ2v) is 7.11. The van der Waals surface area contributed by atoms with Gasteiger partial charge in [-0.3, -0.25) is 4.79 Å². The van der Waals surface area contributed by atoms with E-state index in [1.54, 1.807) is 48.5 Å². The van der Waals surface area contributed by atoms with E-state index in [1.165, 1.54) is 13.4 Å². The Hall–Kier alpha value is -3.74. The van der Waals surface area contributed by atoms with Crippen molar-refractivity contribution in [2.45, 2.75) is 26.4 Å². The summed E-state index contributed by atoms with van der Waals surface area (Å²) in [7, 11) is 1.53. The van der Waals surface area contributed by atoms with Crippen molar-refractivity contribution < 1.29 is 33.6 Å². The average Bonchev–Trinajstić information content (AvgIpc) is 3.28. The summed E-state index contributed by atoms with van der Waals surface area (Å²) in [5.41, 5.74) is 0.966. The first kappa shape index (κ1) is 22.0. The van der Waals surface area contributed by atoms with Gasteiger partial charge in [0.15, 0.2) is 11.5 Å². The second kappa shape index (κ2) is 9.84. The van der Waals surface area contributed by atoms with Crippen LogP contribution >= 0.6 is 0 Å². The summed E-state index contributed by atoms with van der Waals surface area (Å²) < 4.78 is 21.1. The quantitative estimate of drug-likeness (QED) is 0.478. The number of carbonyl (C=O) groups is 2. The fourth-order valence-electron chi connectivity index (χ4n) is 3.12. The van der Waals surface area contributed by atoms with E-state index < -0.39 is 11.8 Å². The van der Waals surface area contributed by atoms with Crippen molar-refractivity contribution in [1.29, 1.82) is 0 Å². The Bertz CT molecular complexity index is 999. The highest BCUT2D eigenvalue weighted by Gasteiger charge is 2.28. The first-order chi connectivity index (χ1) is 14.9. The van der Waals surface area contributed by atoms with Crippen molar-refractivity contribution in [3.05, 3.63) is 82.8 Å². The van der Waals surface area contributed by atoms with Crippen LogP contribution < -0.4 is 9.47 Å². The normalized spacial score (nSPS) is 13.6. The van der Waals surface area contributed by atoms with Gasteiger partial charge in [0.1, 0.15) is 23.3 Å². The van der Waals surface area contributed by atoms with E-state index in [4.69, 9.17) is 18.9 Å². The average molecular weight is 424 g/mol. The molecule has 0 atom stereocenters. The zero-order valence-electron chi connectivity index (χ0n) is 17.6. The molecule has 7 nitrogen and oxygen atoms in total. The molecule has 0 saturated carbocycles. The third-order valence-corrected chi connectivity index (χ3v) is 4.54. The van der Waals surface area contributed by atoms with E-state index in [0.717, 1.165) is 5.56 Å². The summed E-state index contributed by atoms with van der Waals surface area (Å²) in [5, 5.41) is 9.88. The Morgan fingerprint density at radius 3 is 2.19 bits per heavy atom. The molecule has 0 amide bonds. The van der Waals surface area contributed by atoms with Gasteiger partial charge in [-0.05, 0) is 55.8 Å². The molecule has 0 aliphatic carbocycles. The number of aliphatic carboxylic acids is 1. The first-order valence-corrected chi connectivity index (χ1v) is 9.74. The summed E-state index contributed by atoms with van der Waals surface area (Å²) >= 11 is 0. The van der Waals surface area contributed by atoms with Crippen molar-refractivity contribution in [3.63, 3.8) is 0 Å². The minimum Gasteiger partial charge on any atom is -0.497 e. The highest BCUT2D eigenvalue weighted by atomic mass is 16.7. The van der Waals surface area contributed by atoms with Crippen molar-refractivity contribution in [1.82, 2.24) is 0 Å². The molecule has 1 N–H and O–H groups in total. The number of ketones is 1. The molecule has 0 bridgehead atoms. The summed E-state index contributed by atoms with van der Waals surface area (Å²) in [4.78, 5) is 25.5. The lowest BCUT2D eigenvalue weighted by Crippen LogP contribution is -2.16. The monoisotopic (exact) mass is 424 g/mol. The maximum atomic E-state index is 13.4. The van der Waals surface area contributed by atoms with E-state index >= 15 is 0 Å². The number of hydrogen-bond acceptors (Lipinski definition) is 6. The molecule has 0 aromatic heterocycles. The topological polar surface area (TPSA) is 91.3 Å². The molecule has 0 spiro atoms. The van der Waals surface area contributed by atoms with Crippen LogP contribution in [0.15, 0.2) is 71.7 Å². The van der Waals surface area contributed by atoms with Gasteiger partial charge < -0.3 is 24.1 Å². The number of benzene rings is 2. The number of carbonyl (C=O) groups excluding carboxylic acids is 1. The van der Waals surface area contributed by atoms with E-state index in [1.807, 2.05) is 13.8 Å². The third-order valence-electron chi connectivity index (χ3n) is 4.54. The number of hydrogen-bond donors (Lipinski definition) is 1. The number of carboxylic acid groups (broad SMARTS) is 1. The highest BCUT2D eigenvalue weighted by molar-refractivity contribution is 6.14. The molecule has 3 rings (SSSR count). The minimum atomic E-state index is -1.27. The Labute approximate surface area is 180 Å². The van der Waals surface area contributed by atoms with Gasteiger partial charge in [-0.2, -0.15) is 0 Å². The Morgan fingerprint density at radius 2 is 1.68 bits per heavy atom. The van der Waals surface area contributed by atoms with E-state index in [2.05, 4.69) is 0 Å². The van der Waals surface area contributed by atoms with Crippen LogP contribution in [-0.4, -0.2) is 36.9 Å². The van der Waals surface area contributed by atoms with Gasteiger partial charge in [-0.15, -0.1) is 0 Å². The van der Waals surface area contributed by atoms with Gasteiger partial charge in [0.2, 0.25) is 6.79 Å². The number of ether oxygens (including phenoxy) is 4. The second-order valence-electron chi connectivity index (χ2n) is 7.11. The zero-order valence-corrected chi connectivity index (χ0v) is 17.6. The molecule has 31 heavy (non-hydrogen) atoms. The van der Waals surface area contributed by atoms with Gasteiger partial charge in [0.05, 0.1) is 13.2 Å². The van der Waals surface area contributed by atoms with Crippen LogP contribution in [0.2, 0.25) is 0 Å². The van der Waals surface area contributed by atoms with Crippen LogP contribution in [-0.2, 0) is 20.7 Å². The number of methoxy groups -OCH3 is 1. The molecule has 0 unspecified atom stereocenters. The lowest BCUT2D eigenvalue weighted by Gasteiger charge is -2.14. The smallest absolute Gasteiger partial charge is 0.340 e. The van der Waals surface area contributed by atoms with E-state index in [0.29, 0.717) is 17.1 Å². The molecule has 0 fully saturated rings. The minimum absolute atomic E-state index is 0.0177. The van der Waals surface area contributed by atoms with Crippen LogP contribution in [0.1, 0.15) is 29.8 Å². The van der Waals surface area contributed by atoms with Crippen molar-refractivity contribution >= 4 is 11.8 Å². The number of Topliss-reactive ketones (excluding diaryl/α,β-unsaturated/α-hetero) is 1. The van der Waals surface area contributed by atoms with Crippen LogP contribution in [0.4, 0.5) is 0 Å². The lowest BCUT2D eigenvalue weighted by molar-refractivity contribution is -0.132. The number of allylic oxidation sites excluding steroid dienone is 1. The van der Waals surface area contributed by atoms with E-state index in [-0.39, 0.29) is 36.2 Å². The number of rotatable bonds is 9. The van der Waals surface area contributed by atoms with Gasteiger partial charge in [0.25, 0.3) is 0 Å². The predicted octanol–water partition coefficient (Wildman–Crippen LogP) is 4.13. The fourth-order valence-corrected chi connectivity index (χ4v) is 3.12. The molecule has 1 heterocycles. The molecule has 1 aliphatic heterocycles. The van der Waals surface area contributed by atoms with Crippen LogP contribution in [0.5, 0.6) is 11.5 Å². The number of carboxylic acids is 1. The van der Waals surface area contributed by atoms with Crippen LogP contribution in [0.3, 0.4) is 0 Å². The molecule has 1 aliphatic rings. The zero-order chi connectivity index (χ0) is 22.4. The Balaban J connectivity index is 2.02. The molecule has 7 heteroatoms. The standard InChI is InChI=1S/C24H24O7/c1-15(2)31-19-8-4-16(5-9-19)12-20(22(24(26)27)21-13-29-14-30-21)23(25)17-6-10-18(28-3)11-7-17/h4-11,13,15H,12,14H2,1-3H3,(H,26,27). The van der Waals surface area contributed by atoms with Gasteiger partial charge in [-0.25, -0.2) is 4.79 Å². The summed E-state index contributed by atoms with van der Waals surface area (Å²) in [5.74, 6) is -0.382. The van der Waals surface area contributed by atoms with Crippen molar-refractivity contribution in [3.8, 4) is 11.5 Å². The molecule has 0 radical (unpaired) electrons. The van der Waals surface area contributed by atoms with Crippen molar-refractivity contribution in [2.75, 3.05) is 13.9 Å². The molecule has 0 saturated heterocycles. The van der Waals surface area contributed by atoms with Gasteiger partial charge >= 0.3 is 5.97 Å². The summed E-state index contributed by atoms with van der Waals surface area (Å²) in [6, 6.07) is 13.7. The highest BCUT2D eigenvalue weighted by Crippen LogP contribution is 2.27. The van der Waals surface area contributed by atoms with Crippen molar-refractivity contribution in [2.24, 2.45) is 0 Å². The van der Waals surface area contributed by atoms with Gasteiger partial charge in [-0.1, -0.05) is 12.1 Å². The molecule has 162 valence electrons. The molecule has 2 aromatic carbocycles. The maximum Gasteiger partial charge on any atom is 0.340 e. The largest absolute Gasteiger partial charge is 0.497 e. The van der Waals surface area contributed by atoms with Crippen LogP contribution in [0.25, 0.3) is 0 Å². The summed E-state index contributed by atoms with van der Waals surface area (Å²) in [6.45, 7) is 3.76. The Morgan fingerprint density at radius 1 is 1.03 bits per heavy atom. The SMILES string of the molecule is COc1ccc(C(=O)C(Cc2ccc(OC(C)C)cc2)=C(C(=O)O)C2=COCO2)cc1. The predicted molar refractivity (Wildman–Crippen MR) is 113 cm³/mol. The third kappa shape index (κ3) is 5.45. The first-order valence-electron chi connectivity index (χ1n) is 9.74. The molecular weight excluding hydrogens is 400 g/mol. The fraction of sp³-hybridized carbons (Fsp3) is 0.250. The lowest BCUT2D eigenvalue weighted by atomic mass is 9.92. The molecule has 2 aromatic rings. The molecular formula is C24H24O7. The van der Waals surface area contributed by atoms with Gasteiger partial charge in [0, 0.05) is 17.6 Å². The Kier molecular flexibility index (Phi) is 6.97. The van der Waals surface area contributed by atoms with Crippen LogP contribution in [0, 0.1) is 0 Å².